The minimum absolute atomic E-state index is 0.0271. The summed E-state index contributed by atoms with van der Waals surface area (Å²) in [6, 6.07) is 9.18. The molecule has 26 heavy (non-hydrogen) atoms. The molecule has 0 amide bonds. The fourth-order valence-electron chi connectivity index (χ4n) is 2.89. The SMILES string of the molecule is CCCCC(Cc1cccnc1)(C(=O)O)S(=O)(=O)c1ccc(OC)cc1. The lowest BCUT2D eigenvalue weighted by atomic mass is 9.94. The number of unbranched alkanes of at least 4 members (excludes halogenated alkanes) is 1. The van der Waals surface area contributed by atoms with Crippen LogP contribution in [0.2, 0.25) is 0 Å². The Bertz CT molecular complexity index is 834. The number of sulfone groups is 1. The maximum absolute atomic E-state index is 13.4. The van der Waals surface area contributed by atoms with Gasteiger partial charge in [0.1, 0.15) is 5.75 Å². The van der Waals surface area contributed by atoms with Crippen LogP contribution in [0.3, 0.4) is 0 Å². The van der Waals surface area contributed by atoms with Gasteiger partial charge in [0.15, 0.2) is 14.6 Å². The van der Waals surface area contributed by atoms with E-state index in [0.717, 1.165) is 0 Å². The van der Waals surface area contributed by atoms with Crippen LogP contribution in [0.1, 0.15) is 31.7 Å². The van der Waals surface area contributed by atoms with Gasteiger partial charge in [0.25, 0.3) is 0 Å². The lowest BCUT2D eigenvalue weighted by molar-refractivity contribution is -0.140. The van der Waals surface area contributed by atoms with Gasteiger partial charge in [-0.2, -0.15) is 0 Å². The second-order valence-electron chi connectivity index (χ2n) is 6.12. The molecule has 1 N–H and O–H groups in total. The van der Waals surface area contributed by atoms with E-state index >= 15 is 0 Å². The quantitative estimate of drug-likeness (QED) is 0.722. The van der Waals surface area contributed by atoms with Crippen LogP contribution in [0, 0.1) is 0 Å². The summed E-state index contributed by atoms with van der Waals surface area (Å²) in [7, 11) is -2.66. The van der Waals surface area contributed by atoms with Crippen molar-refractivity contribution in [2.24, 2.45) is 0 Å². The number of aromatic nitrogens is 1. The molecule has 1 aromatic carbocycles. The molecule has 0 bridgehead atoms. The predicted molar refractivity (Wildman–Crippen MR) is 98.0 cm³/mol. The minimum atomic E-state index is -4.14. The third-order valence-corrected chi connectivity index (χ3v) is 6.87. The Labute approximate surface area is 153 Å². The van der Waals surface area contributed by atoms with E-state index in [1.54, 1.807) is 18.3 Å². The lowest BCUT2D eigenvalue weighted by Crippen LogP contribution is -2.48. The van der Waals surface area contributed by atoms with Gasteiger partial charge in [-0.1, -0.05) is 25.8 Å². The Kier molecular flexibility index (Phi) is 6.37. The summed E-state index contributed by atoms with van der Waals surface area (Å²) >= 11 is 0. The van der Waals surface area contributed by atoms with Gasteiger partial charge < -0.3 is 9.84 Å². The molecule has 7 heteroatoms. The summed E-state index contributed by atoms with van der Waals surface area (Å²) in [4.78, 5) is 16.2. The first-order valence-corrected chi connectivity index (χ1v) is 9.86. The van der Waals surface area contributed by atoms with Crippen LogP contribution in [0.5, 0.6) is 5.75 Å². The molecule has 2 rings (SSSR count). The van der Waals surface area contributed by atoms with Gasteiger partial charge in [0.2, 0.25) is 0 Å². The second kappa shape index (κ2) is 8.31. The van der Waals surface area contributed by atoms with Crippen LogP contribution < -0.4 is 4.74 Å². The van der Waals surface area contributed by atoms with E-state index in [0.29, 0.717) is 24.2 Å². The summed E-state index contributed by atoms with van der Waals surface area (Å²) in [6.45, 7) is 1.90. The molecule has 0 saturated heterocycles. The number of carboxylic acid groups (broad SMARTS) is 1. The van der Waals surface area contributed by atoms with Crippen LogP contribution in [0.15, 0.2) is 53.7 Å². The van der Waals surface area contributed by atoms with Gasteiger partial charge >= 0.3 is 5.97 Å². The van der Waals surface area contributed by atoms with E-state index in [-0.39, 0.29) is 17.7 Å². The maximum atomic E-state index is 13.4. The van der Waals surface area contributed by atoms with Crippen molar-refractivity contribution in [2.75, 3.05) is 7.11 Å². The molecule has 6 nitrogen and oxygen atoms in total. The van der Waals surface area contributed by atoms with Crippen molar-refractivity contribution in [1.82, 2.24) is 4.98 Å². The van der Waals surface area contributed by atoms with Crippen molar-refractivity contribution in [3.05, 3.63) is 54.4 Å². The topological polar surface area (TPSA) is 93.6 Å². The number of hydrogen-bond donors (Lipinski definition) is 1. The molecule has 0 aliphatic heterocycles. The molecular formula is C19H23NO5S. The molecule has 0 spiro atoms. The highest BCUT2D eigenvalue weighted by Gasteiger charge is 2.51. The molecule has 1 heterocycles. The van der Waals surface area contributed by atoms with Gasteiger partial charge in [-0.15, -0.1) is 0 Å². The van der Waals surface area contributed by atoms with E-state index in [9.17, 15) is 18.3 Å². The van der Waals surface area contributed by atoms with Crippen molar-refractivity contribution in [1.29, 1.82) is 0 Å². The molecular weight excluding hydrogens is 354 g/mol. The smallest absolute Gasteiger partial charge is 0.325 e. The Morgan fingerprint density at radius 3 is 2.42 bits per heavy atom. The van der Waals surface area contributed by atoms with Gasteiger partial charge in [0.05, 0.1) is 12.0 Å². The predicted octanol–water partition coefficient (Wildman–Crippen LogP) is 3.12. The monoisotopic (exact) mass is 377 g/mol. The average molecular weight is 377 g/mol. The number of benzene rings is 1. The number of aliphatic carboxylic acids is 1. The molecule has 1 atom stereocenters. The largest absolute Gasteiger partial charge is 0.497 e. The molecule has 1 unspecified atom stereocenters. The van der Waals surface area contributed by atoms with Crippen LogP contribution in [0.4, 0.5) is 0 Å². The number of rotatable bonds is 9. The zero-order valence-corrected chi connectivity index (χ0v) is 15.7. The number of hydrogen-bond acceptors (Lipinski definition) is 5. The third kappa shape index (κ3) is 3.88. The van der Waals surface area contributed by atoms with E-state index in [1.165, 1.54) is 37.6 Å². The van der Waals surface area contributed by atoms with E-state index in [4.69, 9.17) is 4.74 Å². The molecule has 140 valence electrons. The Morgan fingerprint density at radius 2 is 1.92 bits per heavy atom. The normalized spacial score (nSPS) is 13.8. The number of pyridine rings is 1. The Morgan fingerprint density at radius 1 is 1.23 bits per heavy atom. The van der Waals surface area contributed by atoms with Crippen molar-refractivity contribution in [3.8, 4) is 5.75 Å². The van der Waals surface area contributed by atoms with Crippen LogP contribution in [0.25, 0.3) is 0 Å². The highest BCUT2D eigenvalue weighted by Crippen LogP contribution is 2.35. The van der Waals surface area contributed by atoms with E-state index in [1.807, 2.05) is 6.92 Å². The summed E-state index contributed by atoms with van der Waals surface area (Å²) in [6.07, 6.45) is 4.15. The number of carbonyl (C=O) groups is 1. The molecule has 0 aliphatic rings. The number of carboxylic acids is 1. The summed E-state index contributed by atoms with van der Waals surface area (Å²) < 4.78 is 29.8. The Hall–Kier alpha value is -2.41. The molecule has 2 aromatic rings. The number of ether oxygens (including phenoxy) is 1. The van der Waals surface area contributed by atoms with Crippen LogP contribution >= 0.6 is 0 Å². The van der Waals surface area contributed by atoms with Crippen molar-refractivity contribution in [3.63, 3.8) is 0 Å². The summed E-state index contributed by atoms with van der Waals surface area (Å²) in [5.74, 6) is -0.837. The zero-order valence-electron chi connectivity index (χ0n) is 14.9. The average Bonchev–Trinajstić information content (AvgIpc) is 2.65. The van der Waals surface area contributed by atoms with Gasteiger partial charge in [-0.3, -0.25) is 9.78 Å². The highest BCUT2D eigenvalue weighted by atomic mass is 32.2. The van der Waals surface area contributed by atoms with Crippen molar-refractivity contribution in [2.45, 2.75) is 42.2 Å². The standard InChI is InChI=1S/C19H23NO5S/c1-3-4-11-19(18(21)22,13-15-6-5-12-20-14-15)26(23,24)17-9-7-16(25-2)8-10-17/h5-10,12,14H,3-4,11,13H2,1-2H3,(H,21,22). The van der Waals surface area contributed by atoms with E-state index < -0.39 is 20.6 Å². The van der Waals surface area contributed by atoms with Gasteiger partial charge in [-0.25, -0.2) is 8.42 Å². The Balaban J connectivity index is 2.57. The lowest BCUT2D eigenvalue weighted by Gasteiger charge is -2.29. The molecule has 0 fully saturated rings. The summed E-state index contributed by atoms with van der Waals surface area (Å²) in [5.41, 5.74) is 0.572. The van der Waals surface area contributed by atoms with Gasteiger partial charge in [0, 0.05) is 18.8 Å². The first kappa shape index (κ1) is 19.9. The van der Waals surface area contributed by atoms with Crippen molar-refractivity contribution < 1.29 is 23.1 Å². The molecule has 0 saturated carbocycles. The fourth-order valence-corrected chi connectivity index (χ4v) is 4.84. The van der Waals surface area contributed by atoms with Crippen molar-refractivity contribution >= 4 is 15.8 Å². The zero-order chi connectivity index (χ0) is 19.2. The maximum Gasteiger partial charge on any atom is 0.325 e. The molecule has 0 radical (unpaired) electrons. The number of methoxy groups -OCH3 is 1. The number of nitrogens with zero attached hydrogens (tertiary/aromatic N) is 1. The molecule has 1 aromatic heterocycles. The first-order chi connectivity index (χ1) is 12.4. The van der Waals surface area contributed by atoms with Crippen LogP contribution in [-0.4, -0.2) is 36.3 Å². The highest BCUT2D eigenvalue weighted by molar-refractivity contribution is 7.93. The third-order valence-electron chi connectivity index (χ3n) is 4.42. The second-order valence-corrected chi connectivity index (χ2v) is 8.38. The minimum Gasteiger partial charge on any atom is -0.497 e. The van der Waals surface area contributed by atoms with E-state index in [2.05, 4.69) is 4.98 Å². The van der Waals surface area contributed by atoms with Crippen LogP contribution in [-0.2, 0) is 21.1 Å². The first-order valence-electron chi connectivity index (χ1n) is 8.38. The summed E-state index contributed by atoms with van der Waals surface area (Å²) in [5, 5.41) is 9.99. The fraction of sp³-hybridized carbons (Fsp3) is 0.368. The van der Waals surface area contributed by atoms with Gasteiger partial charge in [-0.05, 0) is 42.3 Å². The molecule has 0 aliphatic carbocycles.